The molecule has 1 saturated heterocycles. The molecule has 6 heteroatoms. The number of morpholine rings is 1. The number of hydrogen-bond donors (Lipinski definition) is 0. The Morgan fingerprint density at radius 1 is 1.32 bits per heavy atom. The molecule has 25 heavy (non-hydrogen) atoms. The van der Waals surface area contributed by atoms with Gasteiger partial charge in [-0.1, -0.05) is 24.6 Å². The molecule has 2 aromatic rings. The Balaban J connectivity index is 1.80. The summed E-state index contributed by atoms with van der Waals surface area (Å²) in [6, 6.07) is 7.64. The van der Waals surface area contributed by atoms with Gasteiger partial charge in [0.05, 0.1) is 35.9 Å². The molecule has 4 rings (SSSR count). The normalized spacial score (nSPS) is 17.8. The fourth-order valence-electron chi connectivity index (χ4n) is 3.42. The first kappa shape index (κ1) is 16.6. The topological polar surface area (TPSA) is 47.4 Å². The molecule has 2 heterocycles. The predicted octanol–water partition coefficient (Wildman–Crippen LogP) is 3.44. The molecular formula is C19H22ClN3O2. The quantitative estimate of drug-likeness (QED) is 0.840. The number of rotatable bonds is 4. The van der Waals surface area contributed by atoms with E-state index in [1.54, 1.807) is 0 Å². The molecule has 1 saturated carbocycles. The molecular weight excluding hydrogens is 338 g/mol. The van der Waals surface area contributed by atoms with Crippen molar-refractivity contribution in [3.63, 3.8) is 0 Å². The molecule has 0 radical (unpaired) electrons. The van der Waals surface area contributed by atoms with Crippen LogP contribution in [-0.2, 0) is 11.2 Å². The van der Waals surface area contributed by atoms with Gasteiger partial charge in [0.25, 0.3) is 5.91 Å². The van der Waals surface area contributed by atoms with Crippen molar-refractivity contribution < 1.29 is 9.53 Å². The van der Waals surface area contributed by atoms with Crippen molar-refractivity contribution in [3.05, 3.63) is 46.2 Å². The van der Waals surface area contributed by atoms with Gasteiger partial charge in [-0.2, -0.15) is 5.10 Å². The molecule has 0 N–H and O–H groups in total. The number of halogens is 1. The SMILES string of the molecule is CCc1c(C(=O)N2CCOCC2)c(C2CC2)nn1-c1cccc(Cl)c1. The van der Waals surface area contributed by atoms with E-state index in [2.05, 4.69) is 6.92 Å². The van der Waals surface area contributed by atoms with Crippen LogP contribution in [0.4, 0.5) is 0 Å². The van der Waals surface area contributed by atoms with Crippen LogP contribution in [0.1, 0.15) is 47.4 Å². The largest absolute Gasteiger partial charge is 0.378 e. The van der Waals surface area contributed by atoms with E-state index < -0.39 is 0 Å². The van der Waals surface area contributed by atoms with Crippen LogP contribution in [0.25, 0.3) is 5.69 Å². The summed E-state index contributed by atoms with van der Waals surface area (Å²) in [7, 11) is 0. The van der Waals surface area contributed by atoms with Crippen molar-refractivity contribution in [1.29, 1.82) is 0 Å². The number of carbonyl (C=O) groups excluding carboxylic acids is 1. The van der Waals surface area contributed by atoms with Gasteiger partial charge in [0, 0.05) is 24.0 Å². The summed E-state index contributed by atoms with van der Waals surface area (Å²) in [6.45, 7) is 4.58. The van der Waals surface area contributed by atoms with Crippen LogP contribution >= 0.6 is 11.6 Å². The molecule has 1 aliphatic carbocycles. The van der Waals surface area contributed by atoms with Gasteiger partial charge in [-0.05, 0) is 37.5 Å². The second kappa shape index (κ2) is 6.81. The molecule has 1 aromatic carbocycles. The molecule has 1 aromatic heterocycles. The second-order valence-electron chi connectivity index (χ2n) is 6.63. The first-order chi connectivity index (χ1) is 12.2. The number of ether oxygens (including phenoxy) is 1. The zero-order valence-corrected chi connectivity index (χ0v) is 15.1. The summed E-state index contributed by atoms with van der Waals surface area (Å²) in [5, 5.41) is 5.52. The predicted molar refractivity (Wildman–Crippen MR) is 96.6 cm³/mol. The van der Waals surface area contributed by atoms with Gasteiger partial charge in [-0.25, -0.2) is 4.68 Å². The van der Waals surface area contributed by atoms with Gasteiger partial charge >= 0.3 is 0 Å². The Morgan fingerprint density at radius 3 is 2.72 bits per heavy atom. The third kappa shape index (κ3) is 3.18. The lowest BCUT2D eigenvalue weighted by atomic mass is 10.1. The maximum atomic E-state index is 13.2. The molecule has 1 amide bonds. The van der Waals surface area contributed by atoms with E-state index in [0.717, 1.165) is 41.9 Å². The Morgan fingerprint density at radius 2 is 2.08 bits per heavy atom. The van der Waals surface area contributed by atoms with Crippen molar-refractivity contribution in [2.24, 2.45) is 0 Å². The molecule has 2 fully saturated rings. The number of amides is 1. The lowest BCUT2D eigenvalue weighted by Gasteiger charge is -2.27. The third-order valence-electron chi connectivity index (χ3n) is 4.87. The van der Waals surface area contributed by atoms with Gasteiger partial charge in [-0.3, -0.25) is 4.79 Å². The van der Waals surface area contributed by atoms with Crippen LogP contribution in [0, 0.1) is 0 Å². The van der Waals surface area contributed by atoms with Gasteiger partial charge in [-0.15, -0.1) is 0 Å². The Hall–Kier alpha value is -1.85. The zero-order chi connectivity index (χ0) is 17.4. The average Bonchev–Trinajstić information content (AvgIpc) is 3.41. The summed E-state index contributed by atoms with van der Waals surface area (Å²) >= 11 is 6.17. The molecule has 0 bridgehead atoms. The van der Waals surface area contributed by atoms with Crippen molar-refractivity contribution in [2.75, 3.05) is 26.3 Å². The standard InChI is InChI=1S/C19H22ClN3O2/c1-2-16-17(19(24)22-8-10-25-11-9-22)18(13-6-7-13)21-23(16)15-5-3-4-14(20)12-15/h3-5,12-13H,2,6-11H2,1H3. The molecule has 0 unspecified atom stereocenters. The van der Waals surface area contributed by atoms with E-state index in [0.29, 0.717) is 37.2 Å². The number of nitrogens with zero attached hydrogens (tertiary/aromatic N) is 3. The number of aromatic nitrogens is 2. The van der Waals surface area contributed by atoms with Gasteiger partial charge in [0.1, 0.15) is 0 Å². The smallest absolute Gasteiger partial charge is 0.257 e. The first-order valence-corrected chi connectivity index (χ1v) is 9.31. The van der Waals surface area contributed by atoms with E-state index in [1.807, 2.05) is 33.8 Å². The average molecular weight is 360 g/mol. The summed E-state index contributed by atoms with van der Waals surface area (Å²) < 4.78 is 7.30. The fraction of sp³-hybridized carbons (Fsp3) is 0.474. The molecule has 0 spiro atoms. The minimum absolute atomic E-state index is 0.0929. The highest BCUT2D eigenvalue weighted by Gasteiger charge is 2.36. The van der Waals surface area contributed by atoms with E-state index in [9.17, 15) is 4.79 Å². The minimum Gasteiger partial charge on any atom is -0.378 e. The van der Waals surface area contributed by atoms with Crippen molar-refractivity contribution in [3.8, 4) is 5.69 Å². The summed E-state index contributed by atoms with van der Waals surface area (Å²) in [5.74, 6) is 0.501. The van der Waals surface area contributed by atoms with E-state index in [4.69, 9.17) is 21.4 Å². The van der Waals surface area contributed by atoms with Crippen LogP contribution < -0.4 is 0 Å². The first-order valence-electron chi connectivity index (χ1n) is 8.93. The maximum Gasteiger partial charge on any atom is 0.257 e. The van der Waals surface area contributed by atoms with E-state index in [1.165, 1.54) is 0 Å². The molecule has 0 atom stereocenters. The molecule has 2 aliphatic rings. The third-order valence-corrected chi connectivity index (χ3v) is 5.11. The Kier molecular flexibility index (Phi) is 4.52. The molecule has 1 aliphatic heterocycles. The highest BCUT2D eigenvalue weighted by Crippen LogP contribution is 2.42. The summed E-state index contributed by atoms with van der Waals surface area (Å²) in [4.78, 5) is 15.1. The Labute approximate surface area is 152 Å². The lowest BCUT2D eigenvalue weighted by molar-refractivity contribution is 0.0301. The van der Waals surface area contributed by atoms with E-state index >= 15 is 0 Å². The van der Waals surface area contributed by atoms with Crippen LogP contribution in [0.15, 0.2) is 24.3 Å². The Bertz CT molecular complexity index is 792. The van der Waals surface area contributed by atoms with Crippen LogP contribution in [0.5, 0.6) is 0 Å². The fourth-order valence-corrected chi connectivity index (χ4v) is 3.60. The second-order valence-corrected chi connectivity index (χ2v) is 7.07. The van der Waals surface area contributed by atoms with Crippen LogP contribution in [0.2, 0.25) is 5.02 Å². The van der Waals surface area contributed by atoms with Gasteiger partial charge in [0.15, 0.2) is 0 Å². The van der Waals surface area contributed by atoms with Crippen molar-refractivity contribution in [1.82, 2.24) is 14.7 Å². The number of benzene rings is 1. The van der Waals surface area contributed by atoms with Gasteiger partial charge < -0.3 is 9.64 Å². The van der Waals surface area contributed by atoms with Crippen LogP contribution in [-0.4, -0.2) is 46.9 Å². The van der Waals surface area contributed by atoms with Crippen molar-refractivity contribution >= 4 is 17.5 Å². The monoisotopic (exact) mass is 359 g/mol. The molecule has 132 valence electrons. The maximum absolute atomic E-state index is 13.2. The summed E-state index contributed by atoms with van der Waals surface area (Å²) in [6.07, 6.45) is 2.97. The van der Waals surface area contributed by atoms with Crippen molar-refractivity contribution in [2.45, 2.75) is 32.1 Å². The van der Waals surface area contributed by atoms with Gasteiger partial charge in [0.2, 0.25) is 0 Å². The summed E-state index contributed by atoms with van der Waals surface area (Å²) in [5.41, 5.74) is 3.63. The lowest BCUT2D eigenvalue weighted by Crippen LogP contribution is -2.41. The highest BCUT2D eigenvalue weighted by atomic mass is 35.5. The van der Waals surface area contributed by atoms with Crippen LogP contribution in [0.3, 0.4) is 0 Å². The number of hydrogen-bond acceptors (Lipinski definition) is 3. The zero-order valence-electron chi connectivity index (χ0n) is 14.4. The van der Waals surface area contributed by atoms with E-state index in [-0.39, 0.29) is 5.91 Å². The highest BCUT2D eigenvalue weighted by molar-refractivity contribution is 6.30. The molecule has 5 nitrogen and oxygen atoms in total. The number of carbonyl (C=O) groups is 1. The minimum atomic E-state index is 0.0929.